The van der Waals surface area contributed by atoms with Crippen LogP contribution in [0.25, 0.3) is 0 Å². The van der Waals surface area contributed by atoms with Gasteiger partial charge in [-0.05, 0) is 51.3 Å². The van der Waals surface area contributed by atoms with Crippen LogP contribution in [-0.4, -0.2) is 60.5 Å². The lowest BCUT2D eigenvalue weighted by molar-refractivity contribution is -0.126. The first-order valence-corrected chi connectivity index (χ1v) is 9.63. The van der Waals surface area contributed by atoms with Gasteiger partial charge in [0.2, 0.25) is 5.91 Å². The zero-order valence-electron chi connectivity index (χ0n) is 17.4. The number of hydrogen-bond acceptors (Lipinski definition) is 4. The maximum atomic E-state index is 12.5. The second kappa shape index (κ2) is 9.08. The van der Waals surface area contributed by atoms with Gasteiger partial charge in [-0.3, -0.25) is 9.59 Å². The fourth-order valence-electron chi connectivity index (χ4n) is 3.06. The number of benzene rings is 1. The molecule has 2 rings (SSSR count). The molecule has 7 nitrogen and oxygen atoms in total. The van der Waals surface area contributed by atoms with Crippen molar-refractivity contribution in [2.75, 3.05) is 27.2 Å². The number of ether oxygens (including phenoxy) is 1. The van der Waals surface area contributed by atoms with Gasteiger partial charge >= 0.3 is 6.09 Å². The highest BCUT2D eigenvalue weighted by Gasteiger charge is 2.29. The lowest BCUT2D eigenvalue weighted by atomic mass is 9.96. The normalized spacial score (nSPS) is 15.1. The van der Waals surface area contributed by atoms with Gasteiger partial charge in [0.1, 0.15) is 5.60 Å². The second-order valence-electron chi connectivity index (χ2n) is 8.36. The Bertz CT molecular complexity index is 717. The maximum absolute atomic E-state index is 12.5. The zero-order chi connectivity index (χ0) is 20.9. The second-order valence-corrected chi connectivity index (χ2v) is 8.36. The van der Waals surface area contributed by atoms with Crippen LogP contribution in [0.2, 0.25) is 0 Å². The number of carbonyl (C=O) groups excluding carboxylic acids is 3. The van der Waals surface area contributed by atoms with Crippen LogP contribution in [-0.2, 0) is 16.1 Å². The van der Waals surface area contributed by atoms with E-state index < -0.39 is 5.60 Å². The molecule has 1 aromatic carbocycles. The van der Waals surface area contributed by atoms with Crippen molar-refractivity contribution in [2.24, 2.45) is 5.92 Å². The van der Waals surface area contributed by atoms with Crippen LogP contribution < -0.4 is 5.32 Å². The van der Waals surface area contributed by atoms with Gasteiger partial charge in [-0.25, -0.2) is 4.79 Å². The van der Waals surface area contributed by atoms with Gasteiger partial charge in [0, 0.05) is 45.2 Å². The number of nitrogens with zero attached hydrogens (tertiary/aromatic N) is 2. The Morgan fingerprint density at radius 1 is 1.18 bits per heavy atom. The van der Waals surface area contributed by atoms with Gasteiger partial charge in [-0.1, -0.05) is 12.1 Å². The van der Waals surface area contributed by atoms with Crippen molar-refractivity contribution >= 4 is 17.9 Å². The highest BCUT2D eigenvalue weighted by Crippen LogP contribution is 2.20. The van der Waals surface area contributed by atoms with Gasteiger partial charge in [-0.2, -0.15) is 0 Å². The largest absolute Gasteiger partial charge is 0.444 e. The molecule has 0 bridgehead atoms. The van der Waals surface area contributed by atoms with Gasteiger partial charge in [0.05, 0.1) is 0 Å². The Morgan fingerprint density at radius 3 is 2.39 bits per heavy atom. The van der Waals surface area contributed by atoms with Crippen LogP contribution in [0.15, 0.2) is 24.3 Å². The van der Waals surface area contributed by atoms with E-state index in [1.54, 1.807) is 31.1 Å². The minimum atomic E-state index is -0.520. The van der Waals surface area contributed by atoms with Crippen LogP contribution in [0, 0.1) is 5.92 Å². The molecule has 1 N–H and O–H groups in total. The van der Waals surface area contributed by atoms with Gasteiger partial charge in [-0.15, -0.1) is 0 Å². The van der Waals surface area contributed by atoms with Crippen molar-refractivity contribution in [2.45, 2.75) is 45.8 Å². The fraction of sp³-hybridized carbons (Fsp3) is 0.571. The summed E-state index contributed by atoms with van der Waals surface area (Å²) in [5, 5.41) is 2.95. The van der Waals surface area contributed by atoms with Crippen molar-refractivity contribution in [1.82, 2.24) is 15.1 Å². The zero-order valence-corrected chi connectivity index (χ0v) is 17.4. The number of nitrogens with one attached hydrogen (secondary N) is 1. The van der Waals surface area contributed by atoms with Crippen molar-refractivity contribution in [3.63, 3.8) is 0 Å². The molecule has 28 heavy (non-hydrogen) atoms. The van der Waals surface area contributed by atoms with Gasteiger partial charge in [0.15, 0.2) is 0 Å². The van der Waals surface area contributed by atoms with Crippen molar-refractivity contribution < 1.29 is 19.1 Å². The molecule has 0 spiro atoms. The number of piperidine rings is 1. The molecule has 0 radical (unpaired) electrons. The first-order chi connectivity index (χ1) is 13.1. The summed E-state index contributed by atoms with van der Waals surface area (Å²) in [4.78, 5) is 39.8. The lowest BCUT2D eigenvalue weighted by Gasteiger charge is -2.32. The van der Waals surface area contributed by atoms with E-state index in [-0.39, 0.29) is 23.8 Å². The Kier molecular flexibility index (Phi) is 7.05. The van der Waals surface area contributed by atoms with Crippen LogP contribution in [0.3, 0.4) is 0 Å². The average molecular weight is 389 g/mol. The Morgan fingerprint density at radius 2 is 1.82 bits per heavy atom. The summed E-state index contributed by atoms with van der Waals surface area (Å²) in [7, 11) is 3.42. The third-order valence-corrected chi connectivity index (χ3v) is 4.56. The third-order valence-electron chi connectivity index (χ3n) is 4.56. The average Bonchev–Trinajstić information content (AvgIpc) is 2.64. The van der Waals surface area contributed by atoms with E-state index in [2.05, 4.69) is 5.32 Å². The Labute approximate surface area is 167 Å². The quantitative estimate of drug-likeness (QED) is 0.859. The van der Waals surface area contributed by atoms with E-state index in [0.717, 1.165) is 5.56 Å². The molecule has 1 aliphatic heterocycles. The first-order valence-electron chi connectivity index (χ1n) is 9.63. The summed E-state index contributed by atoms with van der Waals surface area (Å²) >= 11 is 0. The highest BCUT2D eigenvalue weighted by atomic mass is 16.6. The van der Waals surface area contributed by atoms with E-state index in [9.17, 15) is 14.4 Å². The topological polar surface area (TPSA) is 79.0 Å². The minimum absolute atomic E-state index is 0.0202. The fourth-order valence-corrected chi connectivity index (χ4v) is 3.06. The SMILES string of the molecule is CN(C)C(=O)c1cccc(CNC(=O)C2CCN(C(=O)OC(C)(C)C)CC2)c1. The van der Waals surface area contributed by atoms with Crippen LogP contribution >= 0.6 is 0 Å². The standard InChI is InChI=1S/C21H31N3O4/c1-21(2,3)28-20(27)24-11-9-16(10-12-24)18(25)22-14-15-7-6-8-17(13-15)19(26)23(4)5/h6-8,13,16H,9-12,14H2,1-5H3,(H,22,25). The summed E-state index contributed by atoms with van der Waals surface area (Å²) < 4.78 is 5.38. The summed E-state index contributed by atoms with van der Waals surface area (Å²) in [5.74, 6) is -0.207. The molecule has 1 aliphatic rings. The molecule has 154 valence electrons. The molecular formula is C21H31N3O4. The van der Waals surface area contributed by atoms with E-state index in [0.29, 0.717) is 38.0 Å². The number of rotatable bonds is 4. The molecule has 1 heterocycles. The number of likely N-dealkylation sites (tertiary alicyclic amines) is 1. The molecule has 1 aromatic rings. The summed E-state index contributed by atoms with van der Waals surface area (Å²) in [6.07, 6.45) is 0.905. The molecule has 0 saturated carbocycles. The molecule has 1 fully saturated rings. The first kappa shape index (κ1) is 21.7. The van der Waals surface area contributed by atoms with Crippen LogP contribution in [0.4, 0.5) is 4.79 Å². The summed E-state index contributed by atoms with van der Waals surface area (Å²) in [5.41, 5.74) is 0.961. The maximum Gasteiger partial charge on any atom is 0.410 e. The Balaban J connectivity index is 1.83. The smallest absolute Gasteiger partial charge is 0.410 e. The summed E-state index contributed by atoms with van der Waals surface area (Å²) in [6.45, 7) is 6.92. The number of carbonyl (C=O) groups is 3. The highest BCUT2D eigenvalue weighted by molar-refractivity contribution is 5.94. The monoisotopic (exact) mass is 389 g/mol. The Hall–Kier alpha value is -2.57. The molecule has 0 aliphatic carbocycles. The van der Waals surface area contributed by atoms with Crippen molar-refractivity contribution in [1.29, 1.82) is 0 Å². The third kappa shape index (κ3) is 6.25. The van der Waals surface area contributed by atoms with E-state index >= 15 is 0 Å². The van der Waals surface area contributed by atoms with Crippen molar-refractivity contribution in [3.8, 4) is 0 Å². The number of hydrogen-bond donors (Lipinski definition) is 1. The van der Waals surface area contributed by atoms with E-state index in [4.69, 9.17) is 4.74 Å². The van der Waals surface area contributed by atoms with Gasteiger partial charge < -0.3 is 19.9 Å². The predicted molar refractivity (Wildman–Crippen MR) is 107 cm³/mol. The van der Waals surface area contributed by atoms with E-state index in [1.807, 2.05) is 32.9 Å². The lowest BCUT2D eigenvalue weighted by Crippen LogP contribution is -2.44. The molecule has 0 atom stereocenters. The summed E-state index contributed by atoms with van der Waals surface area (Å²) in [6, 6.07) is 7.27. The molecule has 7 heteroatoms. The van der Waals surface area contributed by atoms with Gasteiger partial charge in [0.25, 0.3) is 5.91 Å². The van der Waals surface area contributed by atoms with Crippen LogP contribution in [0.5, 0.6) is 0 Å². The predicted octanol–water partition coefficient (Wildman–Crippen LogP) is 2.65. The minimum Gasteiger partial charge on any atom is -0.444 e. The van der Waals surface area contributed by atoms with Crippen LogP contribution in [0.1, 0.15) is 49.5 Å². The molecule has 0 aromatic heterocycles. The van der Waals surface area contributed by atoms with E-state index in [1.165, 1.54) is 4.90 Å². The molecule has 1 saturated heterocycles. The van der Waals surface area contributed by atoms with Crippen molar-refractivity contribution in [3.05, 3.63) is 35.4 Å². The molecular weight excluding hydrogens is 358 g/mol. The number of amides is 3. The molecule has 3 amide bonds. The molecule has 0 unspecified atom stereocenters.